The van der Waals surface area contributed by atoms with Crippen LogP contribution >= 0.6 is 0 Å². The fraction of sp³-hybridized carbons (Fsp3) is 0.500. The van der Waals surface area contributed by atoms with Crippen molar-refractivity contribution in [2.45, 2.75) is 37.8 Å². The summed E-state index contributed by atoms with van der Waals surface area (Å²) in [5, 5.41) is 13.2. The lowest BCUT2D eigenvalue weighted by Crippen LogP contribution is -2.49. The van der Waals surface area contributed by atoms with Crippen LogP contribution in [0.2, 0.25) is 0 Å². The molecule has 0 N–H and O–H groups in total. The molecule has 1 saturated carbocycles. The SMILES string of the molecule is O=[N+]1C=C(c2ccco2)N([O-])[C@@H]2CCCC[C@@H]21. The summed E-state index contributed by atoms with van der Waals surface area (Å²) in [6, 6.07) is 2.99. The van der Waals surface area contributed by atoms with E-state index >= 15 is 0 Å². The lowest BCUT2D eigenvalue weighted by atomic mass is 9.88. The van der Waals surface area contributed by atoms with E-state index in [-0.39, 0.29) is 12.1 Å². The molecule has 1 aliphatic heterocycles. The van der Waals surface area contributed by atoms with E-state index in [1.807, 2.05) is 0 Å². The maximum atomic E-state index is 12.2. The van der Waals surface area contributed by atoms with Gasteiger partial charge < -0.3 is 14.7 Å². The van der Waals surface area contributed by atoms with Crippen molar-refractivity contribution in [3.05, 3.63) is 40.5 Å². The summed E-state index contributed by atoms with van der Waals surface area (Å²) in [6.07, 6.45) is 6.49. The first-order valence-electron chi connectivity index (χ1n) is 5.95. The number of furan rings is 1. The quantitative estimate of drug-likeness (QED) is 0.700. The van der Waals surface area contributed by atoms with Gasteiger partial charge in [-0.3, -0.25) is 0 Å². The van der Waals surface area contributed by atoms with E-state index in [0.29, 0.717) is 11.5 Å². The van der Waals surface area contributed by atoms with Crippen LogP contribution in [0, 0.1) is 10.1 Å². The minimum atomic E-state index is -0.230. The Morgan fingerprint density at radius 1 is 1.41 bits per heavy atom. The highest BCUT2D eigenvalue weighted by Gasteiger charge is 2.42. The monoisotopic (exact) mass is 234 g/mol. The minimum absolute atomic E-state index is 0.194. The summed E-state index contributed by atoms with van der Waals surface area (Å²) < 4.78 is 6.12. The largest absolute Gasteiger partial charge is 0.758 e. The molecule has 0 amide bonds. The van der Waals surface area contributed by atoms with Crippen LogP contribution in [0.25, 0.3) is 5.70 Å². The Labute approximate surface area is 98.9 Å². The predicted molar refractivity (Wildman–Crippen MR) is 61.6 cm³/mol. The molecule has 2 heterocycles. The lowest BCUT2D eigenvalue weighted by Gasteiger charge is -2.43. The molecule has 5 heteroatoms. The Bertz CT molecular complexity index is 452. The Balaban J connectivity index is 1.97. The molecule has 0 spiro atoms. The summed E-state index contributed by atoms with van der Waals surface area (Å²) in [4.78, 5) is 11.9. The molecule has 0 unspecified atom stereocenters. The molecule has 90 valence electrons. The van der Waals surface area contributed by atoms with Crippen LogP contribution in [0.15, 0.2) is 29.0 Å². The summed E-state index contributed by atoms with van der Waals surface area (Å²) in [7, 11) is 0. The van der Waals surface area contributed by atoms with Gasteiger partial charge in [-0.25, -0.2) is 0 Å². The Morgan fingerprint density at radius 3 is 3.00 bits per heavy atom. The second-order valence-corrected chi connectivity index (χ2v) is 4.60. The normalized spacial score (nSPS) is 28.9. The summed E-state index contributed by atoms with van der Waals surface area (Å²) in [5.41, 5.74) is 0.341. The van der Waals surface area contributed by atoms with E-state index in [0.717, 1.165) is 35.5 Å². The maximum absolute atomic E-state index is 12.2. The number of fused-ring (bicyclic) bond motifs is 1. The topological polar surface area (TPSA) is 59.5 Å². The van der Waals surface area contributed by atoms with E-state index in [2.05, 4.69) is 0 Å². The maximum Gasteiger partial charge on any atom is 0.247 e. The van der Waals surface area contributed by atoms with Crippen molar-refractivity contribution >= 4 is 5.70 Å². The smallest absolute Gasteiger partial charge is 0.247 e. The van der Waals surface area contributed by atoms with E-state index < -0.39 is 0 Å². The fourth-order valence-corrected chi connectivity index (χ4v) is 2.71. The Morgan fingerprint density at radius 2 is 2.24 bits per heavy atom. The van der Waals surface area contributed by atoms with E-state index in [4.69, 9.17) is 4.42 Å². The van der Waals surface area contributed by atoms with Crippen LogP contribution in [0.4, 0.5) is 0 Å². The number of nitroso groups, excluding NO2 is 1. The van der Waals surface area contributed by atoms with Crippen molar-refractivity contribution in [3.63, 3.8) is 0 Å². The average Bonchev–Trinajstić information content (AvgIpc) is 2.87. The van der Waals surface area contributed by atoms with E-state index in [1.54, 1.807) is 12.1 Å². The molecule has 0 bridgehead atoms. The second kappa shape index (κ2) is 4.00. The van der Waals surface area contributed by atoms with Crippen molar-refractivity contribution < 1.29 is 9.18 Å². The first-order valence-corrected chi connectivity index (χ1v) is 5.95. The highest BCUT2D eigenvalue weighted by Crippen LogP contribution is 2.34. The van der Waals surface area contributed by atoms with Gasteiger partial charge in [-0.15, -0.1) is 0 Å². The molecule has 2 aliphatic rings. The van der Waals surface area contributed by atoms with Crippen molar-refractivity contribution in [3.8, 4) is 0 Å². The number of hydrogen-bond acceptors (Lipinski definition) is 4. The summed E-state index contributed by atoms with van der Waals surface area (Å²) in [5.74, 6) is 0.463. The fourth-order valence-electron chi connectivity index (χ4n) is 2.71. The number of hydrogen-bond donors (Lipinski definition) is 0. The third-order valence-corrected chi connectivity index (χ3v) is 3.58. The molecule has 5 nitrogen and oxygen atoms in total. The highest BCUT2D eigenvalue weighted by atomic mass is 16.5. The van der Waals surface area contributed by atoms with E-state index in [1.165, 1.54) is 12.5 Å². The Kier molecular flexibility index (Phi) is 2.48. The molecule has 2 atom stereocenters. The van der Waals surface area contributed by atoms with Crippen LogP contribution in [0.3, 0.4) is 0 Å². The Hall–Kier alpha value is -1.62. The van der Waals surface area contributed by atoms with Crippen LogP contribution in [0.1, 0.15) is 31.4 Å². The van der Waals surface area contributed by atoms with Gasteiger partial charge in [0.05, 0.1) is 12.3 Å². The van der Waals surface area contributed by atoms with Crippen molar-refractivity contribution in [2.75, 3.05) is 0 Å². The summed E-state index contributed by atoms with van der Waals surface area (Å²) in [6.45, 7) is 0. The van der Waals surface area contributed by atoms with Gasteiger partial charge in [0.1, 0.15) is 5.70 Å². The zero-order chi connectivity index (χ0) is 11.8. The number of rotatable bonds is 1. The third-order valence-electron chi connectivity index (χ3n) is 3.58. The minimum Gasteiger partial charge on any atom is -0.758 e. The molecule has 17 heavy (non-hydrogen) atoms. The number of nitrogens with zero attached hydrogens (tertiary/aromatic N) is 2. The zero-order valence-electron chi connectivity index (χ0n) is 9.41. The van der Waals surface area contributed by atoms with Gasteiger partial charge >= 0.3 is 0 Å². The van der Waals surface area contributed by atoms with Crippen LogP contribution in [0.5, 0.6) is 0 Å². The van der Waals surface area contributed by atoms with Crippen molar-refractivity contribution in [2.24, 2.45) is 0 Å². The standard InChI is InChI=1S/C12H14N2O3/c15-13-8-11(12-6-3-7-17-12)14(16)10-5-2-1-4-9(10)13/h3,6-10H,1-2,4-5H2/t9-,10+/m0/s1. The van der Waals surface area contributed by atoms with E-state index in [9.17, 15) is 10.1 Å². The highest BCUT2D eigenvalue weighted by molar-refractivity contribution is 5.59. The molecular weight excluding hydrogens is 220 g/mol. The predicted octanol–water partition coefficient (Wildman–Crippen LogP) is 2.48. The van der Waals surface area contributed by atoms with Gasteiger partial charge in [0.15, 0.2) is 5.76 Å². The molecular formula is C12H14N2O3. The third kappa shape index (κ3) is 1.67. The van der Waals surface area contributed by atoms with Crippen molar-refractivity contribution in [1.82, 2.24) is 5.06 Å². The van der Waals surface area contributed by atoms with Gasteiger partial charge in [-0.1, -0.05) is 6.42 Å². The van der Waals surface area contributed by atoms with Gasteiger partial charge in [-0.05, 0) is 25.0 Å². The van der Waals surface area contributed by atoms with Gasteiger partial charge in [0.25, 0.3) is 0 Å². The zero-order valence-corrected chi connectivity index (χ0v) is 9.41. The first kappa shape index (κ1) is 10.5. The van der Waals surface area contributed by atoms with Crippen LogP contribution < -0.4 is 0 Å². The van der Waals surface area contributed by atoms with Gasteiger partial charge in [0, 0.05) is 16.1 Å². The molecule has 1 aliphatic carbocycles. The van der Waals surface area contributed by atoms with Crippen LogP contribution in [-0.4, -0.2) is 21.9 Å². The van der Waals surface area contributed by atoms with Gasteiger partial charge in [-0.2, -0.15) is 0 Å². The molecule has 3 rings (SSSR count). The molecule has 0 saturated heterocycles. The average molecular weight is 234 g/mol. The molecule has 1 aromatic rings. The van der Waals surface area contributed by atoms with Crippen molar-refractivity contribution in [1.29, 1.82) is 0 Å². The first-order chi connectivity index (χ1) is 8.27. The van der Waals surface area contributed by atoms with Gasteiger partial charge in [0.2, 0.25) is 12.2 Å². The lowest BCUT2D eigenvalue weighted by molar-refractivity contribution is -0.536. The molecule has 0 aromatic carbocycles. The molecule has 1 aromatic heterocycles. The molecule has 1 fully saturated rings. The second-order valence-electron chi connectivity index (χ2n) is 4.60. The van der Waals surface area contributed by atoms with Crippen LogP contribution in [-0.2, 0) is 0 Å². The summed E-state index contributed by atoms with van der Waals surface area (Å²) >= 11 is 0. The molecule has 0 radical (unpaired) electrons. The number of hydroxylamine groups is 2.